The fourth-order valence-corrected chi connectivity index (χ4v) is 4.62. The number of hydrogen-bond donors (Lipinski definition) is 1. The van der Waals surface area contributed by atoms with E-state index >= 15 is 0 Å². The molecule has 10 heteroatoms. The van der Waals surface area contributed by atoms with Gasteiger partial charge in [0.15, 0.2) is 0 Å². The molecule has 0 bridgehead atoms. The van der Waals surface area contributed by atoms with Crippen LogP contribution in [0.2, 0.25) is 5.02 Å². The molecule has 0 saturated carbocycles. The van der Waals surface area contributed by atoms with Crippen molar-refractivity contribution in [2.45, 2.75) is 58.2 Å². The predicted molar refractivity (Wildman–Crippen MR) is 147 cm³/mol. The number of ether oxygens (including phenoxy) is 2. The maximum Gasteiger partial charge on any atom is 0.410 e. The topological polar surface area (TPSA) is 96.9 Å². The Morgan fingerprint density at radius 1 is 1.18 bits per heavy atom. The molecule has 1 saturated heterocycles. The van der Waals surface area contributed by atoms with Crippen molar-refractivity contribution >= 4 is 35.0 Å². The number of rotatable bonds is 6. The Kier molecular flexibility index (Phi) is 8.89. The molecule has 2 aromatic rings. The third-order valence-corrected chi connectivity index (χ3v) is 6.57. The van der Waals surface area contributed by atoms with Crippen molar-refractivity contribution < 1.29 is 19.1 Å². The molecule has 0 aromatic carbocycles. The van der Waals surface area contributed by atoms with Gasteiger partial charge in [-0.3, -0.25) is 9.78 Å². The molecular formula is C28H36ClN5O4. The second kappa shape index (κ2) is 12.1. The van der Waals surface area contributed by atoms with Crippen molar-refractivity contribution in [2.75, 3.05) is 38.5 Å². The van der Waals surface area contributed by atoms with Crippen LogP contribution >= 0.6 is 11.6 Å². The van der Waals surface area contributed by atoms with Gasteiger partial charge >= 0.3 is 6.09 Å². The standard InChI is InChI=1S/C28H36ClN5O4/c1-28(2,3)38-27(36)34-12-5-7-20(17-34)23-10-9-19(15-30-23)13-26(35)32-25-14-24(22(29)16-31-25)37-21-8-6-11-33(4)18-21/h7,9-10,14-16,21H,5-6,8,11-13,17-18H2,1-4H3,(H,31,32,35)/t21-/m1/s1. The first-order chi connectivity index (χ1) is 18.1. The number of aromatic nitrogens is 2. The van der Waals surface area contributed by atoms with Gasteiger partial charge in [-0.2, -0.15) is 0 Å². The SMILES string of the molecule is CN1CCC[C@@H](Oc2cc(NC(=O)Cc3ccc(C4=CCCN(C(=O)OC(C)(C)C)C4)nc3)ncc2Cl)C1. The Morgan fingerprint density at radius 3 is 2.71 bits per heavy atom. The number of likely N-dealkylation sites (tertiary alicyclic amines) is 1. The zero-order chi connectivity index (χ0) is 27.3. The van der Waals surface area contributed by atoms with Crippen LogP contribution in [0.25, 0.3) is 5.57 Å². The molecule has 2 aromatic heterocycles. The van der Waals surface area contributed by atoms with E-state index in [9.17, 15) is 9.59 Å². The highest BCUT2D eigenvalue weighted by molar-refractivity contribution is 6.32. The third-order valence-electron chi connectivity index (χ3n) is 6.28. The van der Waals surface area contributed by atoms with Gasteiger partial charge in [0, 0.05) is 25.4 Å². The van der Waals surface area contributed by atoms with E-state index in [2.05, 4.69) is 33.3 Å². The average molecular weight is 542 g/mol. The third kappa shape index (κ3) is 7.91. The molecular weight excluding hydrogens is 506 g/mol. The lowest BCUT2D eigenvalue weighted by atomic mass is 10.0. The number of likely N-dealkylation sites (N-methyl/N-ethyl adjacent to an activating group) is 1. The van der Waals surface area contributed by atoms with E-state index in [1.165, 1.54) is 6.20 Å². The second-order valence-corrected chi connectivity index (χ2v) is 11.2. The van der Waals surface area contributed by atoms with Crippen LogP contribution in [0.4, 0.5) is 10.6 Å². The zero-order valence-electron chi connectivity index (χ0n) is 22.5. The van der Waals surface area contributed by atoms with Crippen LogP contribution < -0.4 is 10.1 Å². The summed E-state index contributed by atoms with van der Waals surface area (Å²) in [6.07, 6.45) is 7.90. The summed E-state index contributed by atoms with van der Waals surface area (Å²) in [4.78, 5) is 37.8. The highest BCUT2D eigenvalue weighted by atomic mass is 35.5. The zero-order valence-corrected chi connectivity index (χ0v) is 23.3. The van der Waals surface area contributed by atoms with E-state index in [1.54, 1.807) is 17.2 Å². The van der Waals surface area contributed by atoms with Crippen LogP contribution in [-0.2, 0) is 16.0 Å². The van der Waals surface area contributed by atoms with Crippen molar-refractivity contribution in [3.63, 3.8) is 0 Å². The summed E-state index contributed by atoms with van der Waals surface area (Å²) in [6, 6.07) is 5.42. The lowest BCUT2D eigenvalue weighted by molar-refractivity contribution is -0.115. The Bertz CT molecular complexity index is 1180. The number of piperidine rings is 1. The summed E-state index contributed by atoms with van der Waals surface area (Å²) in [6.45, 7) is 8.50. The van der Waals surface area contributed by atoms with E-state index in [0.717, 1.165) is 49.2 Å². The Balaban J connectivity index is 1.32. The van der Waals surface area contributed by atoms with Crippen molar-refractivity contribution in [3.05, 3.63) is 52.9 Å². The number of nitrogens with one attached hydrogen (secondary N) is 1. The number of pyridine rings is 2. The molecule has 4 rings (SSSR count). The molecule has 9 nitrogen and oxygen atoms in total. The molecule has 1 fully saturated rings. The minimum atomic E-state index is -0.540. The molecule has 0 spiro atoms. The maximum atomic E-state index is 12.7. The van der Waals surface area contributed by atoms with Crippen molar-refractivity contribution in [1.82, 2.24) is 19.8 Å². The predicted octanol–water partition coefficient (Wildman–Crippen LogP) is 4.81. The second-order valence-electron chi connectivity index (χ2n) is 10.8. The summed E-state index contributed by atoms with van der Waals surface area (Å²) in [5.41, 5.74) is 1.96. The van der Waals surface area contributed by atoms with E-state index in [1.807, 2.05) is 32.9 Å². The van der Waals surface area contributed by atoms with Crippen LogP contribution in [0.15, 0.2) is 36.7 Å². The molecule has 0 radical (unpaired) electrons. The average Bonchev–Trinajstić information content (AvgIpc) is 2.85. The number of carbonyl (C=O) groups excluding carboxylic acids is 2. The van der Waals surface area contributed by atoms with Crippen molar-refractivity contribution in [1.29, 1.82) is 0 Å². The molecule has 2 aliphatic rings. The molecule has 1 atom stereocenters. The summed E-state index contributed by atoms with van der Waals surface area (Å²) in [5.74, 6) is 0.688. The Labute approximate surface area is 229 Å². The quantitative estimate of drug-likeness (QED) is 0.560. The molecule has 38 heavy (non-hydrogen) atoms. The highest BCUT2D eigenvalue weighted by Gasteiger charge is 2.25. The largest absolute Gasteiger partial charge is 0.487 e. The van der Waals surface area contributed by atoms with Crippen LogP contribution in [-0.4, -0.2) is 76.7 Å². The maximum absolute atomic E-state index is 12.7. The number of hydrogen-bond acceptors (Lipinski definition) is 7. The Hall–Kier alpha value is -3.17. The van der Waals surface area contributed by atoms with E-state index in [0.29, 0.717) is 29.7 Å². The summed E-state index contributed by atoms with van der Waals surface area (Å²) in [7, 11) is 2.07. The van der Waals surface area contributed by atoms with Gasteiger partial charge in [0.1, 0.15) is 28.3 Å². The molecule has 4 heterocycles. The van der Waals surface area contributed by atoms with E-state index < -0.39 is 5.60 Å². The first-order valence-electron chi connectivity index (χ1n) is 13.0. The molecule has 1 N–H and O–H groups in total. The summed E-state index contributed by atoms with van der Waals surface area (Å²) >= 11 is 6.30. The number of amides is 2. The number of carbonyl (C=O) groups is 2. The van der Waals surface area contributed by atoms with E-state index in [4.69, 9.17) is 21.1 Å². The first kappa shape index (κ1) is 27.9. The lowest BCUT2D eigenvalue weighted by Crippen LogP contribution is -2.39. The van der Waals surface area contributed by atoms with Gasteiger partial charge in [-0.05, 0) is 70.8 Å². The van der Waals surface area contributed by atoms with Gasteiger partial charge in [-0.15, -0.1) is 0 Å². The summed E-state index contributed by atoms with van der Waals surface area (Å²) in [5, 5.41) is 3.24. The van der Waals surface area contributed by atoms with Crippen LogP contribution in [0, 0.1) is 0 Å². The first-order valence-corrected chi connectivity index (χ1v) is 13.4. The molecule has 204 valence electrons. The van der Waals surface area contributed by atoms with Gasteiger partial charge < -0.3 is 24.6 Å². The Morgan fingerprint density at radius 2 is 2.00 bits per heavy atom. The normalized spacial score (nSPS) is 18.5. The minimum Gasteiger partial charge on any atom is -0.487 e. The fourth-order valence-electron chi connectivity index (χ4n) is 4.48. The van der Waals surface area contributed by atoms with E-state index in [-0.39, 0.29) is 24.5 Å². The lowest BCUT2D eigenvalue weighted by Gasteiger charge is -2.30. The molecule has 0 aliphatic carbocycles. The molecule has 0 unspecified atom stereocenters. The minimum absolute atomic E-state index is 0.0530. The fraction of sp³-hybridized carbons (Fsp3) is 0.500. The van der Waals surface area contributed by atoms with Gasteiger partial charge in [-0.25, -0.2) is 9.78 Å². The smallest absolute Gasteiger partial charge is 0.410 e. The van der Waals surface area contributed by atoms with Crippen LogP contribution in [0.3, 0.4) is 0 Å². The monoisotopic (exact) mass is 541 g/mol. The molecule has 2 aliphatic heterocycles. The van der Waals surface area contributed by atoms with Gasteiger partial charge in [0.25, 0.3) is 0 Å². The van der Waals surface area contributed by atoms with Crippen LogP contribution in [0.1, 0.15) is 51.3 Å². The van der Waals surface area contributed by atoms with Crippen molar-refractivity contribution in [3.8, 4) is 5.75 Å². The number of halogens is 1. The summed E-state index contributed by atoms with van der Waals surface area (Å²) < 4.78 is 11.6. The number of nitrogens with zero attached hydrogens (tertiary/aromatic N) is 4. The van der Waals surface area contributed by atoms with Crippen LogP contribution in [0.5, 0.6) is 5.75 Å². The highest BCUT2D eigenvalue weighted by Crippen LogP contribution is 2.29. The van der Waals surface area contributed by atoms with Crippen molar-refractivity contribution in [2.24, 2.45) is 0 Å². The number of anilines is 1. The van der Waals surface area contributed by atoms with Gasteiger partial charge in [0.05, 0.1) is 24.9 Å². The van der Waals surface area contributed by atoms with Gasteiger partial charge in [-0.1, -0.05) is 23.7 Å². The van der Waals surface area contributed by atoms with Gasteiger partial charge in [0.2, 0.25) is 5.91 Å². The molecule has 2 amide bonds.